The topological polar surface area (TPSA) is 42.8 Å². The number of nitrogens with zero attached hydrogens (tertiary/aromatic N) is 1. The third-order valence-corrected chi connectivity index (χ3v) is 5.23. The Balaban J connectivity index is 1.62. The van der Waals surface area contributed by atoms with Crippen LogP contribution < -0.4 is 14.9 Å². The van der Waals surface area contributed by atoms with Crippen LogP contribution in [-0.4, -0.2) is 13.3 Å². The molecule has 0 aromatic heterocycles. The maximum Gasteiger partial charge on any atom is 0.161 e. The first kappa shape index (κ1) is 21.3. The Bertz CT molecular complexity index is 989. The van der Waals surface area contributed by atoms with E-state index in [1.165, 1.54) is 0 Å². The van der Waals surface area contributed by atoms with Gasteiger partial charge < -0.3 is 14.9 Å². The molecule has 29 heavy (non-hydrogen) atoms. The van der Waals surface area contributed by atoms with Crippen molar-refractivity contribution in [1.29, 1.82) is 0 Å². The molecule has 7 heteroatoms. The van der Waals surface area contributed by atoms with Gasteiger partial charge in [0.2, 0.25) is 0 Å². The van der Waals surface area contributed by atoms with Crippen LogP contribution in [0.4, 0.5) is 0 Å². The summed E-state index contributed by atoms with van der Waals surface area (Å²) < 4.78 is 11.3. The second-order valence-corrected chi connectivity index (χ2v) is 7.31. The third-order valence-electron chi connectivity index (χ3n) is 4.15. The van der Waals surface area contributed by atoms with Gasteiger partial charge in [-0.05, 0) is 42.0 Å². The molecule has 3 aromatic rings. The maximum absolute atomic E-state index is 6.17. The highest BCUT2D eigenvalue weighted by atomic mass is 35.5. The van der Waals surface area contributed by atoms with Gasteiger partial charge in [-0.25, -0.2) is 0 Å². The predicted octanol–water partition coefficient (Wildman–Crippen LogP) is 6.36. The van der Waals surface area contributed by atoms with Crippen LogP contribution in [-0.2, 0) is 13.2 Å². The van der Waals surface area contributed by atoms with Crippen LogP contribution in [0.25, 0.3) is 0 Å². The number of methoxy groups -OCH3 is 1. The van der Waals surface area contributed by atoms with Crippen molar-refractivity contribution in [2.75, 3.05) is 7.11 Å². The number of benzene rings is 3. The van der Waals surface area contributed by atoms with E-state index in [0.29, 0.717) is 39.7 Å². The first-order chi connectivity index (χ1) is 14.1. The lowest BCUT2D eigenvalue weighted by molar-refractivity contribution is 0.284. The lowest BCUT2D eigenvalue weighted by Gasteiger charge is -2.12. The summed E-state index contributed by atoms with van der Waals surface area (Å²) in [5.74, 6) is 1.23. The molecule has 1 N–H and O–H groups in total. The van der Waals surface area contributed by atoms with Crippen molar-refractivity contribution in [3.8, 4) is 11.5 Å². The van der Waals surface area contributed by atoms with Gasteiger partial charge in [-0.2, -0.15) is 5.10 Å². The minimum absolute atomic E-state index is 0.351. The summed E-state index contributed by atoms with van der Waals surface area (Å²) in [4.78, 5) is 0. The second-order valence-electron chi connectivity index (χ2n) is 6.08. The van der Waals surface area contributed by atoms with Crippen molar-refractivity contribution in [2.45, 2.75) is 13.2 Å². The average Bonchev–Trinajstić information content (AvgIpc) is 2.72. The summed E-state index contributed by atoms with van der Waals surface area (Å²) >= 11 is 18.5. The molecular weight excluding hydrogens is 431 g/mol. The maximum atomic E-state index is 6.17. The Morgan fingerprint density at radius 3 is 2.34 bits per heavy atom. The van der Waals surface area contributed by atoms with Crippen LogP contribution in [0.5, 0.6) is 11.5 Å². The summed E-state index contributed by atoms with van der Waals surface area (Å²) in [6.45, 7) is 0.773. The molecule has 3 rings (SSSR count). The van der Waals surface area contributed by atoms with Crippen LogP contribution in [0.2, 0.25) is 15.1 Å². The fourth-order valence-electron chi connectivity index (χ4n) is 2.60. The van der Waals surface area contributed by atoms with Gasteiger partial charge in [0, 0.05) is 26.2 Å². The molecular formula is C22H19Cl3N2O2. The number of hydrazone groups is 1. The average molecular weight is 450 g/mol. The lowest BCUT2D eigenvalue weighted by Crippen LogP contribution is -2.06. The molecule has 0 saturated heterocycles. The van der Waals surface area contributed by atoms with Gasteiger partial charge in [-0.15, -0.1) is 0 Å². The molecule has 0 radical (unpaired) electrons. The summed E-state index contributed by atoms with van der Waals surface area (Å²) in [5.41, 5.74) is 5.51. The highest BCUT2D eigenvalue weighted by Crippen LogP contribution is 2.29. The first-order valence-corrected chi connectivity index (χ1v) is 9.95. The molecule has 0 aliphatic rings. The molecule has 0 aliphatic heterocycles. The molecule has 0 unspecified atom stereocenters. The highest BCUT2D eigenvalue weighted by molar-refractivity contribution is 6.36. The molecule has 0 heterocycles. The zero-order valence-corrected chi connectivity index (χ0v) is 17.9. The van der Waals surface area contributed by atoms with Crippen LogP contribution in [0.15, 0.2) is 65.8 Å². The van der Waals surface area contributed by atoms with E-state index in [9.17, 15) is 0 Å². The van der Waals surface area contributed by atoms with Crippen LogP contribution in [0, 0.1) is 0 Å². The largest absolute Gasteiger partial charge is 0.493 e. The SMILES string of the molecule is COc1cc(/C=N\NCc2c(Cl)cccc2Cl)ccc1OCc1ccccc1Cl. The van der Waals surface area contributed by atoms with E-state index in [-0.39, 0.29) is 0 Å². The zero-order valence-electron chi connectivity index (χ0n) is 15.7. The van der Waals surface area contributed by atoms with Crippen LogP contribution in [0.1, 0.15) is 16.7 Å². The van der Waals surface area contributed by atoms with E-state index >= 15 is 0 Å². The smallest absolute Gasteiger partial charge is 0.161 e. The van der Waals surface area contributed by atoms with Gasteiger partial charge in [0.05, 0.1) is 19.9 Å². The van der Waals surface area contributed by atoms with E-state index in [4.69, 9.17) is 44.3 Å². The van der Waals surface area contributed by atoms with Crippen molar-refractivity contribution in [1.82, 2.24) is 5.43 Å². The van der Waals surface area contributed by atoms with E-state index in [2.05, 4.69) is 10.5 Å². The quantitative estimate of drug-likeness (QED) is 0.321. The Labute approximate surface area is 185 Å². The Kier molecular flexibility index (Phi) is 7.64. The number of hydrogen-bond acceptors (Lipinski definition) is 4. The Hall–Kier alpha value is -2.40. The normalized spacial score (nSPS) is 10.9. The predicted molar refractivity (Wildman–Crippen MR) is 120 cm³/mol. The zero-order chi connectivity index (χ0) is 20.6. The van der Waals surface area contributed by atoms with Gasteiger partial charge >= 0.3 is 0 Å². The molecule has 4 nitrogen and oxygen atoms in total. The fraction of sp³-hybridized carbons (Fsp3) is 0.136. The van der Waals surface area contributed by atoms with Crippen molar-refractivity contribution in [2.24, 2.45) is 5.10 Å². The second kappa shape index (κ2) is 10.4. The molecule has 0 aliphatic carbocycles. The highest BCUT2D eigenvalue weighted by Gasteiger charge is 2.07. The number of hydrogen-bond donors (Lipinski definition) is 1. The molecule has 0 spiro atoms. The third kappa shape index (κ3) is 5.80. The molecule has 0 saturated carbocycles. The van der Waals surface area contributed by atoms with Crippen LogP contribution >= 0.6 is 34.8 Å². The number of nitrogens with one attached hydrogen (secondary N) is 1. The van der Waals surface area contributed by atoms with E-state index < -0.39 is 0 Å². The number of ether oxygens (including phenoxy) is 2. The number of rotatable bonds is 8. The molecule has 0 fully saturated rings. The van der Waals surface area contributed by atoms with Gasteiger partial charge in [0.1, 0.15) is 6.61 Å². The minimum atomic E-state index is 0.351. The molecule has 0 atom stereocenters. The van der Waals surface area contributed by atoms with E-state index in [0.717, 1.165) is 16.7 Å². The molecule has 0 amide bonds. The van der Waals surface area contributed by atoms with Crippen molar-refractivity contribution in [3.63, 3.8) is 0 Å². The van der Waals surface area contributed by atoms with Crippen LogP contribution in [0.3, 0.4) is 0 Å². The summed E-state index contributed by atoms with van der Waals surface area (Å²) in [7, 11) is 1.59. The summed E-state index contributed by atoms with van der Waals surface area (Å²) in [6, 6.07) is 18.5. The van der Waals surface area contributed by atoms with E-state index in [1.807, 2.05) is 42.5 Å². The Morgan fingerprint density at radius 1 is 0.897 bits per heavy atom. The fourth-order valence-corrected chi connectivity index (χ4v) is 3.32. The molecule has 150 valence electrons. The first-order valence-electron chi connectivity index (χ1n) is 8.81. The molecule has 0 bridgehead atoms. The van der Waals surface area contributed by atoms with Crippen molar-refractivity contribution < 1.29 is 9.47 Å². The van der Waals surface area contributed by atoms with Gasteiger partial charge in [-0.3, -0.25) is 0 Å². The monoisotopic (exact) mass is 448 g/mol. The van der Waals surface area contributed by atoms with Crippen molar-refractivity contribution >= 4 is 41.0 Å². The van der Waals surface area contributed by atoms with E-state index in [1.54, 1.807) is 31.5 Å². The summed E-state index contributed by atoms with van der Waals surface area (Å²) in [5, 5.41) is 6.09. The Morgan fingerprint density at radius 2 is 1.62 bits per heavy atom. The summed E-state index contributed by atoms with van der Waals surface area (Å²) in [6.07, 6.45) is 1.69. The van der Waals surface area contributed by atoms with Gasteiger partial charge in [-0.1, -0.05) is 59.1 Å². The standard InChI is InChI=1S/C22H19Cl3N2O2/c1-28-22-11-15(12-26-27-13-17-19(24)7-4-8-20(17)25)9-10-21(22)29-14-16-5-2-3-6-18(16)23/h2-12,27H,13-14H2,1H3/b26-12-. The molecule has 3 aromatic carbocycles. The van der Waals surface area contributed by atoms with Gasteiger partial charge in [0.25, 0.3) is 0 Å². The van der Waals surface area contributed by atoms with Crippen molar-refractivity contribution in [3.05, 3.63) is 92.4 Å². The lowest BCUT2D eigenvalue weighted by atomic mass is 10.2. The minimum Gasteiger partial charge on any atom is -0.493 e. The number of halogens is 3. The van der Waals surface area contributed by atoms with Gasteiger partial charge in [0.15, 0.2) is 11.5 Å².